The second kappa shape index (κ2) is 11.9. The number of thiazole rings is 1. The van der Waals surface area contributed by atoms with Crippen molar-refractivity contribution in [1.29, 1.82) is 0 Å². The Bertz CT molecular complexity index is 589. The molecule has 0 bridgehead atoms. The van der Waals surface area contributed by atoms with Gasteiger partial charge in [-0.2, -0.15) is 0 Å². The standard InChI is InChI=1S/C18H31N5O3S/c1-3-4-6-19-18(25)23(8-5-7-22-9-11-26-12-10-22)14-16(24)21-17-20-13-15(2)27-17/h13H,3-12,14H2,1-2H3,(H,19,25)(H,20,21,24). The summed E-state index contributed by atoms with van der Waals surface area (Å²) in [5, 5.41) is 6.25. The third kappa shape index (κ3) is 8.23. The van der Waals surface area contributed by atoms with Gasteiger partial charge in [0.2, 0.25) is 5.91 Å². The zero-order valence-electron chi connectivity index (χ0n) is 16.3. The van der Waals surface area contributed by atoms with Crippen molar-refractivity contribution in [3.8, 4) is 0 Å². The molecule has 1 fully saturated rings. The summed E-state index contributed by atoms with van der Waals surface area (Å²) < 4.78 is 5.36. The van der Waals surface area contributed by atoms with Gasteiger partial charge in [-0.05, 0) is 19.8 Å². The normalized spacial score (nSPS) is 14.7. The van der Waals surface area contributed by atoms with Crippen molar-refractivity contribution >= 4 is 28.4 Å². The van der Waals surface area contributed by atoms with Crippen molar-refractivity contribution in [3.05, 3.63) is 11.1 Å². The zero-order chi connectivity index (χ0) is 19.5. The number of urea groups is 1. The first-order valence-corrected chi connectivity index (χ1v) is 10.4. The Kier molecular flexibility index (Phi) is 9.51. The number of ether oxygens (including phenoxy) is 1. The molecule has 1 aromatic rings. The average molecular weight is 398 g/mol. The summed E-state index contributed by atoms with van der Waals surface area (Å²) >= 11 is 1.42. The highest BCUT2D eigenvalue weighted by Crippen LogP contribution is 2.16. The fraction of sp³-hybridized carbons (Fsp3) is 0.722. The summed E-state index contributed by atoms with van der Waals surface area (Å²) in [5.74, 6) is -0.221. The van der Waals surface area contributed by atoms with E-state index in [1.807, 2.05) is 6.92 Å². The summed E-state index contributed by atoms with van der Waals surface area (Å²) in [6, 6.07) is -0.184. The van der Waals surface area contributed by atoms with E-state index in [9.17, 15) is 9.59 Å². The molecular weight excluding hydrogens is 366 g/mol. The minimum atomic E-state index is -0.221. The van der Waals surface area contributed by atoms with Gasteiger partial charge in [-0.1, -0.05) is 13.3 Å². The van der Waals surface area contributed by atoms with Gasteiger partial charge in [-0.15, -0.1) is 11.3 Å². The number of hydrogen-bond acceptors (Lipinski definition) is 6. The van der Waals surface area contributed by atoms with Gasteiger partial charge in [-0.3, -0.25) is 9.69 Å². The molecular formula is C18H31N5O3S. The lowest BCUT2D eigenvalue weighted by Gasteiger charge is -2.28. The van der Waals surface area contributed by atoms with Gasteiger partial charge in [0.05, 0.1) is 13.2 Å². The summed E-state index contributed by atoms with van der Waals surface area (Å²) in [7, 11) is 0. The smallest absolute Gasteiger partial charge is 0.317 e. The Morgan fingerprint density at radius 2 is 2.11 bits per heavy atom. The minimum Gasteiger partial charge on any atom is -0.379 e. The molecule has 0 atom stereocenters. The average Bonchev–Trinajstić information content (AvgIpc) is 3.06. The van der Waals surface area contributed by atoms with Crippen LogP contribution in [0.15, 0.2) is 6.20 Å². The van der Waals surface area contributed by atoms with Gasteiger partial charge >= 0.3 is 6.03 Å². The highest BCUT2D eigenvalue weighted by atomic mass is 32.1. The lowest BCUT2D eigenvalue weighted by Crippen LogP contribution is -2.46. The number of carbonyl (C=O) groups excluding carboxylic acids is 2. The quantitative estimate of drug-likeness (QED) is 0.589. The molecule has 1 aliphatic heterocycles. The molecule has 1 aliphatic rings. The minimum absolute atomic E-state index is 0.0275. The zero-order valence-corrected chi connectivity index (χ0v) is 17.1. The number of anilines is 1. The molecule has 0 saturated carbocycles. The number of nitrogens with one attached hydrogen (secondary N) is 2. The number of morpholine rings is 1. The van der Waals surface area contributed by atoms with Crippen molar-refractivity contribution in [1.82, 2.24) is 20.1 Å². The van der Waals surface area contributed by atoms with Crippen LogP contribution in [0.25, 0.3) is 0 Å². The Hall–Kier alpha value is -1.71. The van der Waals surface area contributed by atoms with E-state index in [4.69, 9.17) is 4.74 Å². The molecule has 152 valence electrons. The van der Waals surface area contributed by atoms with Gasteiger partial charge in [0.15, 0.2) is 5.13 Å². The first-order valence-electron chi connectivity index (χ1n) is 9.63. The molecule has 1 aromatic heterocycles. The second-order valence-corrected chi connectivity index (χ2v) is 7.87. The molecule has 2 rings (SSSR count). The largest absolute Gasteiger partial charge is 0.379 e. The van der Waals surface area contributed by atoms with Crippen LogP contribution in [0.5, 0.6) is 0 Å². The van der Waals surface area contributed by atoms with E-state index >= 15 is 0 Å². The van der Waals surface area contributed by atoms with E-state index in [0.717, 1.165) is 57.0 Å². The molecule has 1 saturated heterocycles. The van der Waals surface area contributed by atoms with Crippen LogP contribution in [-0.2, 0) is 9.53 Å². The maximum atomic E-state index is 12.5. The molecule has 2 heterocycles. The number of hydrogen-bond donors (Lipinski definition) is 2. The predicted octanol–water partition coefficient (Wildman–Crippen LogP) is 1.92. The summed E-state index contributed by atoms with van der Waals surface area (Å²) in [5.41, 5.74) is 0. The molecule has 3 amide bonds. The molecule has 9 heteroatoms. The lowest BCUT2D eigenvalue weighted by atomic mass is 10.3. The van der Waals surface area contributed by atoms with Crippen LogP contribution in [0, 0.1) is 6.92 Å². The fourth-order valence-electron chi connectivity index (χ4n) is 2.79. The first-order chi connectivity index (χ1) is 13.1. The van der Waals surface area contributed by atoms with Gasteiger partial charge in [-0.25, -0.2) is 9.78 Å². The van der Waals surface area contributed by atoms with Crippen LogP contribution in [0.4, 0.5) is 9.93 Å². The van der Waals surface area contributed by atoms with E-state index < -0.39 is 0 Å². The Morgan fingerprint density at radius 1 is 1.33 bits per heavy atom. The summed E-state index contributed by atoms with van der Waals surface area (Å²) in [6.07, 6.45) is 4.49. The topological polar surface area (TPSA) is 86.8 Å². The van der Waals surface area contributed by atoms with Crippen LogP contribution in [0.2, 0.25) is 0 Å². The highest BCUT2D eigenvalue weighted by Gasteiger charge is 2.18. The van der Waals surface area contributed by atoms with Crippen molar-refractivity contribution in [2.24, 2.45) is 0 Å². The van der Waals surface area contributed by atoms with Crippen LogP contribution in [0.1, 0.15) is 31.1 Å². The van der Waals surface area contributed by atoms with E-state index in [1.54, 1.807) is 11.1 Å². The SMILES string of the molecule is CCCCNC(=O)N(CCCN1CCOCC1)CC(=O)Nc1ncc(C)s1. The maximum absolute atomic E-state index is 12.5. The number of nitrogens with zero attached hydrogens (tertiary/aromatic N) is 3. The van der Waals surface area contributed by atoms with E-state index in [0.29, 0.717) is 18.2 Å². The number of rotatable bonds is 10. The molecule has 27 heavy (non-hydrogen) atoms. The molecule has 0 aromatic carbocycles. The van der Waals surface area contributed by atoms with Crippen LogP contribution < -0.4 is 10.6 Å². The van der Waals surface area contributed by atoms with Crippen LogP contribution in [-0.4, -0.2) is 79.2 Å². The number of aryl methyl sites for hydroxylation is 1. The number of carbonyl (C=O) groups is 2. The highest BCUT2D eigenvalue weighted by molar-refractivity contribution is 7.15. The van der Waals surface area contributed by atoms with E-state index in [2.05, 4.69) is 27.4 Å². The van der Waals surface area contributed by atoms with Gasteiger partial charge < -0.3 is 20.3 Å². The van der Waals surface area contributed by atoms with Crippen molar-refractivity contribution in [2.75, 3.05) is 57.8 Å². The first kappa shape index (κ1) is 21.6. The molecule has 0 radical (unpaired) electrons. The van der Waals surface area contributed by atoms with Crippen molar-refractivity contribution < 1.29 is 14.3 Å². The molecule has 0 unspecified atom stereocenters. The van der Waals surface area contributed by atoms with Crippen LogP contribution in [0.3, 0.4) is 0 Å². The Morgan fingerprint density at radius 3 is 2.78 bits per heavy atom. The summed E-state index contributed by atoms with van der Waals surface area (Å²) in [6.45, 7) is 9.48. The third-order valence-electron chi connectivity index (χ3n) is 4.30. The predicted molar refractivity (Wildman–Crippen MR) is 107 cm³/mol. The van der Waals surface area contributed by atoms with Gasteiger partial charge in [0.1, 0.15) is 6.54 Å². The van der Waals surface area contributed by atoms with Gasteiger partial charge in [0.25, 0.3) is 0 Å². The molecule has 0 aliphatic carbocycles. The summed E-state index contributed by atoms with van der Waals surface area (Å²) in [4.78, 5) is 33.9. The van der Waals surface area contributed by atoms with E-state index in [-0.39, 0.29) is 18.5 Å². The van der Waals surface area contributed by atoms with Crippen molar-refractivity contribution in [3.63, 3.8) is 0 Å². The second-order valence-electron chi connectivity index (χ2n) is 6.64. The monoisotopic (exact) mass is 397 g/mol. The van der Waals surface area contributed by atoms with Crippen molar-refractivity contribution in [2.45, 2.75) is 33.1 Å². The third-order valence-corrected chi connectivity index (χ3v) is 5.13. The molecule has 2 N–H and O–H groups in total. The maximum Gasteiger partial charge on any atom is 0.317 e. The lowest BCUT2D eigenvalue weighted by molar-refractivity contribution is -0.116. The Labute approximate surface area is 165 Å². The number of unbranched alkanes of at least 4 members (excludes halogenated alkanes) is 1. The van der Waals surface area contributed by atoms with E-state index in [1.165, 1.54) is 11.3 Å². The Balaban J connectivity index is 1.83. The fourth-order valence-corrected chi connectivity index (χ4v) is 3.47. The number of amides is 3. The van der Waals surface area contributed by atoms with Gasteiger partial charge in [0, 0.05) is 43.8 Å². The number of aromatic nitrogens is 1. The van der Waals surface area contributed by atoms with Crippen LogP contribution >= 0.6 is 11.3 Å². The molecule has 8 nitrogen and oxygen atoms in total. The molecule has 0 spiro atoms.